The van der Waals surface area contributed by atoms with Crippen molar-refractivity contribution >= 4 is 29.1 Å². The third-order valence-corrected chi connectivity index (χ3v) is 5.42. The van der Waals surface area contributed by atoms with Gasteiger partial charge in [0.2, 0.25) is 0 Å². The number of aromatic nitrogens is 3. The van der Waals surface area contributed by atoms with Crippen molar-refractivity contribution in [3.63, 3.8) is 0 Å². The topological polar surface area (TPSA) is 75.5 Å². The first-order chi connectivity index (χ1) is 14.0. The fourth-order valence-corrected chi connectivity index (χ4v) is 3.45. The molecule has 0 atom stereocenters. The highest BCUT2D eigenvalue weighted by molar-refractivity contribution is 7.99. The Kier molecular flexibility index (Phi) is 7.00. The minimum absolute atomic E-state index is 0.0727. The van der Waals surface area contributed by atoms with Gasteiger partial charge in [-0.1, -0.05) is 23.4 Å². The maximum absolute atomic E-state index is 12.6. The highest BCUT2D eigenvalue weighted by Gasteiger charge is 2.16. The average molecular weight is 434 g/mol. The average Bonchev–Trinajstić information content (AvgIpc) is 3.10. The van der Waals surface area contributed by atoms with E-state index in [0.29, 0.717) is 38.8 Å². The summed E-state index contributed by atoms with van der Waals surface area (Å²) >= 11 is 7.17. The Hall–Kier alpha value is -2.71. The number of hydrogen-bond acceptors (Lipinski definition) is 7. The van der Waals surface area contributed by atoms with E-state index in [1.165, 1.54) is 18.9 Å². The molecule has 3 rings (SSSR count). The Morgan fingerprint density at radius 2 is 1.79 bits per heavy atom. The van der Waals surface area contributed by atoms with Gasteiger partial charge in [-0.3, -0.25) is 4.79 Å². The van der Waals surface area contributed by atoms with Crippen LogP contribution in [0.5, 0.6) is 17.2 Å². The first-order valence-corrected chi connectivity index (χ1v) is 10.0. The van der Waals surface area contributed by atoms with Gasteiger partial charge in [0.05, 0.1) is 25.5 Å². The molecule has 0 aliphatic rings. The van der Waals surface area contributed by atoms with E-state index in [-0.39, 0.29) is 18.1 Å². The van der Waals surface area contributed by atoms with E-state index in [0.717, 1.165) is 0 Å². The van der Waals surface area contributed by atoms with Crippen molar-refractivity contribution in [3.05, 3.63) is 58.9 Å². The lowest BCUT2D eigenvalue weighted by Crippen LogP contribution is -2.07. The van der Waals surface area contributed by atoms with Crippen molar-refractivity contribution in [1.82, 2.24) is 14.8 Å². The molecule has 0 aliphatic carbocycles. The second-order valence-corrected chi connectivity index (χ2v) is 7.36. The van der Waals surface area contributed by atoms with Gasteiger partial charge >= 0.3 is 0 Å². The Bertz CT molecular complexity index is 992. The molecule has 0 radical (unpaired) electrons. The normalized spacial score (nSPS) is 10.6. The van der Waals surface area contributed by atoms with Crippen LogP contribution in [0.25, 0.3) is 0 Å². The lowest BCUT2D eigenvalue weighted by Gasteiger charge is -2.09. The summed E-state index contributed by atoms with van der Waals surface area (Å²) in [4.78, 5) is 12.6. The molecular formula is C20H20ClN3O4S. The second kappa shape index (κ2) is 9.67. The Morgan fingerprint density at radius 3 is 2.48 bits per heavy atom. The summed E-state index contributed by atoms with van der Waals surface area (Å²) in [5.41, 5.74) is 0.495. The molecule has 1 aromatic heterocycles. The number of thioether (sulfide) groups is 1. The van der Waals surface area contributed by atoms with Crippen LogP contribution in [0.2, 0.25) is 5.02 Å². The summed E-state index contributed by atoms with van der Waals surface area (Å²) in [6, 6.07) is 12.2. The van der Waals surface area contributed by atoms with Crippen LogP contribution >= 0.6 is 23.4 Å². The number of Topliss-reactive ketones (excluding diaryl/α,β-unsaturated/α-hetero) is 1. The number of nitrogens with zero attached hydrogens (tertiary/aromatic N) is 3. The van der Waals surface area contributed by atoms with E-state index in [4.69, 9.17) is 25.8 Å². The summed E-state index contributed by atoms with van der Waals surface area (Å²) in [6.45, 7) is 0.256. The van der Waals surface area contributed by atoms with Crippen molar-refractivity contribution in [2.45, 2.75) is 11.8 Å². The first kappa shape index (κ1) is 21.0. The smallest absolute Gasteiger partial charge is 0.191 e. The fourth-order valence-electron chi connectivity index (χ4n) is 2.51. The molecule has 0 N–H and O–H groups in total. The molecule has 2 aromatic carbocycles. The van der Waals surface area contributed by atoms with E-state index in [1.807, 2.05) is 7.05 Å². The van der Waals surface area contributed by atoms with Crippen LogP contribution in [-0.4, -0.2) is 40.5 Å². The number of carbonyl (C=O) groups is 1. The molecule has 29 heavy (non-hydrogen) atoms. The third-order valence-electron chi connectivity index (χ3n) is 4.15. The lowest BCUT2D eigenvalue weighted by atomic mass is 10.1. The van der Waals surface area contributed by atoms with Crippen LogP contribution in [0.1, 0.15) is 16.2 Å². The molecule has 0 spiro atoms. The Labute approximate surface area is 177 Å². The minimum Gasteiger partial charge on any atom is -0.497 e. The van der Waals surface area contributed by atoms with Gasteiger partial charge in [-0.25, -0.2) is 0 Å². The van der Waals surface area contributed by atoms with Gasteiger partial charge in [0, 0.05) is 18.1 Å². The molecule has 3 aromatic rings. The summed E-state index contributed by atoms with van der Waals surface area (Å²) in [5, 5.41) is 9.56. The molecule has 0 bridgehead atoms. The van der Waals surface area contributed by atoms with Crippen LogP contribution in [0.3, 0.4) is 0 Å². The zero-order chi connectivity index (χ0) is 20.8. The number of hydrogen-bond donors (Lipinski definition) is 0. The van der Waals surface area contributed by atoms with Crippen molar-refractivity contribution < 1.29 is 19.0 Å². The zero-order valence-corrected chi connectivity index (χ0v) is 17.8. The molecule has 0 aliphatic heterocycles. The number of ketones is 1. The monoisotopic (exact) mass is 433 g/mol. The minimum atomic E-state index is -0.0727. The molecule has 152 valence electrons. The molecule has 0 amide bonds. The van der Waals surface area contributed by atoms with Gasteiger partial charge in [-0.05, 0) is 36.4 Å². The summed E-state index contributed by atoms with van der Waals surface area (Å²) < 4.78 is 18.0. The Balaban J connectivity index is 1.61. The SMILES string of the molecule is COc1ccc(C(=O)CSc2nnc(COc3ccc(Cl)cc3)n2C)c(OC)c1. The predicted molar refractivity (Wildman–Crippen MR) is 111 cm³/mol. The van der Waals surface area contributed by atoms with Gasteiger partial charge in [0.1, 0.15) is 23.9 Å². The van der Waals surface area contributed by atoms with Crippen molar-refractivity contribution in [2.24, 2.45) is 7.05 Å². The van der Waals surface area contributed by atoms with Crippen LogP contribution < -0.4 is 14.2 Å². The molecule has 9 heteroatoms. The number of rotatable bonds is 9. The lowest BCUT2D eigenvalue weighted by molar-refractivity contribution is 0.101. The number of carbonyl (C=O) groups excluding carboxylic acids is 1. The van der Waals surface area contributed by atoms with Crippen LogP contribution in [0.15, 0.2) is 47.6 Å². The molecule has 0 saturated carbocycles. The molecule has 7 nitrogen and oxygen atoms in total. The highest BCUT2D eigenvalue weighted by Crippen LogP contribution is 2.27. The van der Waals surface area contributed by atoms with Crippen molar-refractivity contribution in [2.75, 3.05) is 20.0 Å². The van der Waals surface area contributed by atoms with Crippen LogP contribution in [0.4, 0.5) is 0 Å². The molecule has 1 heterocycles. The summed E-state index contributed by atoms with van der Waals surface area (Å²) in [7, 11) is 4.92. The number of methoxy groups -OCH3 is 2. The summed E-state index contributed by atoms with van der Waals surface area (Å²) in [5.74, 6) is 2.57. The number of benzene rings is 2. The quantitative estimate of drug-likeness (QED) is 0.372. The summed E-state index contributed by atoms with van der Waals surface area (Å²) in [6.07, 6.45) is 0. The van der Waals surface area contributed by atoms with Crippen LogP contribution in [0, 0.1) is 0 Å². The first-order valence-electron chi connectivity index (χ1n) is 8.66. The van der Waals surface area contributed by atoms with Gasteiger partial charge in [-0.15, -0.1) is 10.2 Å². The maximum Gasteiger partial charge on any atom is 0.191 e. The second-order valence-electron chi connectivity index (χ2n) is 5.98. The maximum atomic E-state index is 12.6. The van der Waals surface area contributed by atoms with E-state index >= 15 is 0 Å². The largest absolute Gasteiger partial charge is 0.497 e. The van der Waals surface area contributed by atoms with E-state index < -0.39 is 0 Å². The fraction of sp³-hybridized carbons (Fsp3) is 0.250. The standard InChI is InChI=1S/C20H20ClN3O4S/c1-24-19(11-28-14-6-4-13(21)5-7-14)22-23-20(24)29-12-17(25)16-9-8-15(26-2)10-18(16)27-3/h4-10H,11-12H2,1-3H3. The third kappa shape index (κ3) is 5.21. The number of ether oxygens (including phenoxy) is 3. The van der Waals surface area contributed by atoms with Gasteiger partial charge in [0.25, 0.3) is 0 Å². The number of halogens is 1. The van der Waals surface area contributed by atoms with Crippen LogP contribution in [-0.2, 0) is 13.7 Å². The van der Waals surface area contributed by atoms with Gasteiger partial charge in [-0.2, -0.15) is 0 Å². The molecule has 0 saturated heterocycles. The highest BCUT2D eigenvalue weighted by atomic mass is 35.5. The van der Waals surface area contributed by atoms with E-state index in [2.05, 4.69) is 10.2 Å². The molecule has 0 unspecified atom stereocenters. The van der Waals surface area contributed by atoms with Gasteiger partial charge in [0.15, 0.2) is 16.8 Å². The van der Waals surface area contributed by atoms with E-state index in [1.54, 1.807) is 54.1 Å². The zero-order valence-electron chi connectivity index (χ0n) is 16.2. The molecular weight excluding hydrogens is 414 g/mol. The van der Waals surface area contributed by atoms with E-state index in [9.17, 15) is 4.79 Å². The van der Waals surface area contributed by atoms with Crippen molar-refractivity contribution in [1.29, 1.82) is 0 Å². The molecule has 0 fully saturated rings. The Morgan fingerprint density at radius 1 is 1.07 bits per heavy atom. The van der Waals surface area contributed by atoms with Gasteiger partial charge < -0.3 is 18.8 Å². The predicted octanol–water partition coefficient (Wildman–Crippen LogP) is 4.04. The van der Waals surface area contributed by atoms with Crippen molar-refractivity contribution in [3.8, 4) is 17.2 Å².